The number of benzene rings is 1. The number of likely N-dealkylation sites (tertiary alicyclic amines) is 1. The lowest BCUT2D eigenvalue weighted by Gasteiger charge is -2.20. The molecular weight excluding hydrogens is 270 g/mol. The molecule has 0 aliphatic carbocycles. The Hall–Kier alpha value is -2.24. The molecule has 1 aliphatic heterocycles. The molecule has 1 fully saturated rings. The first kappa shape index (κ1) is 15.2. The van der Waals surface area contributed by atoms with Gasteiger partial charge in [-0.25, -0.2) is 0 Å². The number of rotatable bonds is 4. The van der Waals surface area contributed by atoms with Gasteiger partial charge < -0.3 is 21.1 Å². The van der Waals surface area contributed by atoms with Crippen LogP contribution in [0.5, 0.6) is 5.75 Å². The fraction of sp³-hybridized carbons (Fsp3) is 0.467. The summed E-state index contributed by atoms with van der Waals surface area (Å²) in [6, 6.07) is 4.59. The van der Waals surface area contributed by atoms with Crippen molar-refractivity contribution >= 4 is 17.5 Å². The molecule has 0 bridgehead atoms. The number of nitrogens with two attached hydrogens (primary N) is 2. The van der Waals surface area contributed by atoms with Crippen molar-refractivity contribution in [3.8, 4) is 5.75 Å². The normalized spacial score (nSPS) is 15.3. The molecule has 1 saturated heterocycles. The summed E-state index contributed by atoms with van der Waals surface area (Å²) in [5.41, 5.74) is 11.6. The number of hydrogen-bond donors (Lipinski definition) is 2. The van der Waals surface area contributed by atoms with Crippen molar-refractivity contribution in [2.45, 2.75) is 25.7 Å². The predicted octanol–water partition coefficient (Wildman–Crippen LogP) is 1.15. The van der Waals surface area contributed by atoms with Gasteiger partial charge in [-0.05, 0) is 25.0 Å². The zero-order chi connectivity index (χ0) is 15.2. The summed E-state index contributed by atoms with van der Waals surface area (Å²) < 4.78 is 5.46. The van der Waals surface area contributed by atoms with Crippen LogP contribution in [0.15, 0.2) is 18.2 Å². The summed E-state index contributed by atoms with van der Waals surface area (Å²) in [7, 11) is 0. The minimum atomic E-state index is -0.604. The Morgan fingerprint density at radius 2 is 1.81 bits per heavy atom. The smallest absolute Gasteiger partial charge is 0.260 e. The average molecular weight is 291 g/mol. The zero-order valence-electron chi connectivity index (χ0n) is 12.0. The van der Waals surface area contributed by atoms with Crippen LogP contribution < -0.4 is 16.2 Å². The van der Waals surface area contributed by atoms with Crippen LogP contribution >= 0.6 is 0 Å². The Morgan fingerprint density at radius 3 is 2.43 bits per heavy atom. The minimum Gasteiger partial charge on any atom is -0.483 e. The lowest BCUT2D eigenvalue weighted by molar-refractivity contribution is -0.133. The van der Waals surface area contributed by atoms with Crippen LogP contribution in [-0.4, -0.2) is 36.4 Å². The molecule has 0 aromatic heterocycles. The van der Waals surface area contributed by atoms with Crippen LogP contribution in [0, 0.1) is 0 Å². The maximum absolute atomic E-state index is 12.1. The van der Waals surface area contributed by atoms with E-state index in [1.807, 2.05) is 4.90 Å². The topological polar surface area (TPSA) is 98.6 Å². The third-order valence-corrected chi connectivity index (χ3v) is 3.58. The van der Waals surface area contributed by atoms with Crippen molar-refractivity contribution in [1.29, 1.82) is 0 Å². The molecule has 2 rings (SSSR count). The van der Waals surface area contributed by atoms with Crippen LogP contribution in [0.4, 0.5) is 5.69 Å². The van der Waals surface area contributed by atoms with Gasteiger partial charge in [-0.2, -0.15) is 0 Å². The van der Waals surface area contributed by atoms with Crippen molar-refractivity contribution in [2.24, 2.45) is 5.73 Å². The van der Waals surface area contributed by atoms with Crippen LogP contribution in [0.2, 0.25) is 0 Å². The number of nitrogen functional groups attached to an aromatic ring is 1. The molecule has 0 spiro atoms. The van der Waals surface area contributed by atoms with Gasteiger partial charge in [-0.15, -0.1) is 0 Å². The van der Waals surface area contributed by atoms with Crippen molar-refractivity contribution in [1.82, 2.24) is 4.90 Å². The summed E-state index contributed by atoms with van der Waals surface area (Å²) in [6.45, 7) is 1.42. The highest BCUT2D eigenvalue weighted by Gasteiger charge is 2.17. The summed E-state index contributed by atoms with van der Waals surface area (Å²) in [4.78, 5) is 25.3. The molecule has 1 aromatic rings. The number of primary amides is 1. The fourth-order valence-corrected chi connectivity index (χ4v) is 2.41. The number of amides is 2. The SMILES string of the molecule is NC(=O)c1ccc(N)cc1OCC(=O)N1CCCCCC1. The van der Waals surface area contributed by atoms with Crippen LogP contribution in [-0.2, 0) is 4.79 Å². The monoisotopic (exact) mass is 291 g/mol. The molecule has 0 radical (unpaired) electrons. The van der Waals surface area contributed by atoms with E-state index >= 15 is 0 Å². The van der Waals surface area contributed by atoms with E-state index in [-0.39, 0.29) is 23.8 Å². The van der Waals surface area contributed by atoms with Crippen LogP contribution in [0.25, 0.3) is 0 Å². The van der Waals surface area contributed by atoms with Gasteiger partial charge in [0.2, 0.25) is 0 Å². The van der Waals surface area contributed by atoms with Gasteiger partial charge in [0.15, 0.2) is 6.61 Å². The Balaban J connectivity index is 2.00. The third kappa shape index (κ3) is 4.11. The van der Waals surface area contributed by atoms with Crippen LogP contribution in [0.3, 0.4) is 0 Å². The summed E-state index contributed by atoms with van der Waals surface area (Å²) in [6.07, 6.45) is 4.37. The lowest BCUT2D eigenvalue weighted by atomic mass is 10.1. The summed E-state index contributed by atoms with van der Waals surface area (Å²) in [5, 5.41) is 0. The van der Waals surface area contributed by atoms with E-state index < -0.39 is 5.91 Å². The molecule has 114 valence electrons. The van der Waals surface area contributed by atoms with Crippen molar-refractivity contribution in [3.05, 3.63) is 23.8 Å². The number of anilines is 1. The molecular formula is C15H21N3O3. The van der Waals surface area contributed by atoms with E-state index in [0.717, 1.165) is 38.8 Å². The molecule has 0 saturated carbocycles. The highest BCUT2D eigenvalue weighted by molar-refractivity contribution is 5.96. The maximum Gasteiger partial charge on any atom is 0.260 e. The van der Waals surface area contributed by atoms with Gasteiger partial charge in [0.05, 0.1) is 5.56 Å². The molecule has 6 nitrogen and oxygen atoms in total. The summed E-state index contributed by atoms with van der Waals surface area (Å²) >= 11 is 0. The number of hydrogen-bond acceptors (Lipinski definition) is 4. The highest BCUT2D eigenvalue weighted by atomic mass is 16.5. The quantitative estimate of drug-likeness (QED) is 0.813. The van der Waals surface area contributed by atoms with Gasteiger partial charge in [-0.3, -0.25) is 9.59 Å². The maximum atomic E-state index is 12.1. The average Bonchev–Trinajstić information content (AvgIpc) is 2.73. The van der Waals surface area contributed by atoms with Gasteiger partial charge in [0.1, 0.15) is 5.75 Å². The first-order valence-corrected chi connectivity index (χ1v) is 7.18. The first-order chi connectivity index (χ1) is 10.1. The molecule has 0 unspecified atom stereocenters. The molecule has 1 heterocycles. The van der Waals surface area contributed by atoms with E-state index in [9.17, 15) is 9.59 Å². The number of ether oxygens (including phenoxy) is 1. The number of carbonyl (C=O) groups is 2. The Labute approximate surface area is 124 Å². The molecule has 4 N–H and O–H groups in total. The van der Waals surface area contributed by atoms with Gasteiger partial charge in [0, 0.05) is 24.8 Å². The Morgan fingerprint density at radius 1 is 1.14 bits per heavy atom. The Bertz CT molecular complexity index is 523. The zero-order valence-corrected chi connectivity index (χ0v) is 12.0. The molecule has 1 aromatic carbocycles. The van der Waals surface area contributed by atoms with E-state index in [1.165, 1.54) is 12.1 Å². The van der Waals surface area contributed by atoms with Crippen molar-refractivity contribution in [2.75, 3.05) is 25.4 Å². The molecule has 1 aliphatic rings. The van der Waals surface area contributed by atoms with Crippen molar-refractivity contribution < 1.29 is 14.3 Å². The number of nitrogens with zero attached hydrogens (tertiary/aromatic N) is 1. The van der Waals surface area contributed by atoms with Crippen molar-refractivity contribution in [3.63, 3.8) is 0 Å². The third-order valence-electron chi connectivity index (χ3n) is 3.58. The highest BCUT2D eigenvalue weighted by Crippen LogP contribution is 2.21. The lowest BCUT2D eigenvalue weighted by Crippen LogP contribution is -2.35. The minimum absolute atomic E-state index is 0.0743. The van der Waals surface area contributed by atoms with Crippen LogP contribution in [0.1, 0.15) is 36.0 Å². The predicted molar refractivity (Wildman–Crippen MR) is 79.9 cm³/mol. The van der Waals surface area contributed by atoms with Gasteiger partial charge in [-0.1, -0.05) is 12.8 Å². The molecule has 2 amide bonds. The van der Waals surface area contributed by atoms with Gasteiger partial charge >= 0.3 is 0 Å². The van der Waals surface area contributed by atoms with E-state index in [0.29, 0.717) is 5.69 Å². The molecule has 6 heteroatoms. The van der Waals surface area contributed by atoms with E-state index in [2.05, 4.69) is 0 Å². The first-order valence-electron chi connectivity index (χ1n) is 7.18. The standard InChI is InChI=1S/C15H21N3O3/c16-11-5-6-12(15(17)20)13(9-11)21-10-14(19)18-7-3-1-2-4-8-18/h5-6,9H,1-4,7-8,10,16H2,(H2,17,20). The second-order valence-corrected chi connectivity index (χ2v) is 5.20. The summed E-state index contributed by atoms with van der Waals surface area (Å²) in [5.74, 6) is -0.423. The molecule has 21 heavy (non-hydrogen) atoms. The van der Waals surface area contributed by atoms with E-state index in [4.69, 9.17) is 16.2 Å². The van der Waals surface area contributed by atoms with E-state index in [1.54, 1.807) is 6.07 Å². The second kappa shape index (κ2) is 6.97. The molecule has 0 atom stereocenters. The largest absolute Gasteiger partial charge is 0.483 e. The Kier molecular flexibility index (Phi) is 5.03. The number of carbonyl (C=O) groups excluding carboxylic acids is 2. The second-order valence-electron chi connectivity index (χ2n) is 5.20. The fourth-order valence-electron chi connectivity index (χ4n) is 2.41. The van der Waals surface area contributed by atoms with Gasteiger partial charge in [0.25, 0.3) is 11.8 Å².